The Morgan fingerprint density at radius 3 is 3.00 bits per heavy atom. The van der Waals surface area contributed by atoms with Gasteiger partial charge in [0.2, 0.25) is 0 Å². The molecule has 4 heteroatoms. The Kier molecular flexibility index (Phi) is 3.84. The summed E-state index contributed by atoms with van der Waals surface area (Å²) in [7, 11) is 0. The van der Waals surface area contributed by atoms with Crippen LogP contribution < -0.4 is 5.32 Å². The summed E-state index contributed by atoms with van der Waals surface area (Å²) in [6, 6.07) is 0. The van der Waals surface area contributed by atoms with Crippen molar-refractivity contribution in [3.05, 3.63) is 16.6 Å². The van der Waals surface area contributed by atoms with Crippen molar-refractivity contribution in [2.45, 2.75) is 32.4 Å². The number of nitrogens with one attached hydrogen (secondary N) is 1. The molecule has 1 rings (SSSR count). The Bertz CT molecular complexity index is 234. The molecule has 0 aliphatic carbocycles. The van der Waals surface area contributed by atoms with Gasteiger partial charge in [-0.15, -0.1) is 11.3 Å². The molecule has 1 aromatic rings. The van der Waals surface area contributed by atoms with E-state index in [4.69, 9.17) is 0 Å². The maximum atomic E-state index is 9.67. The molecular weight excluding hydrogens is 184 g/mol. The summed E-state index contributed by atoms with van der Waals surface area (Å²) in [5, 5.41) is 15.9. The van der Waals surface area contributed by atoms with Crippen molar-refractivity contribution < 1.29 is 5.11 Å². The smallest absolute Gasteiger partial charge is 0.106 e. The molecule has 0 bridgehead atoms. The fourth-order valence-corrected chi connectivity index (χ4v) is 1.49. The number of hydrogen-bond acceptors (Lipinski definition) is 4. The molecule has 0 aliphatic heterocycles. The van der Waals surface area contributed by atoms with Crippen LogP contribution in [0.2, 0.25) is 0 Å². The highest BCUT2D eigenvalue weighted by molar-refractivity contribution is 7.09. The van der Waals surface area contributed by atoms with Crippen LogP contribution in [0.3, 0.4) is 0 Å². The zero-order valence-electron chi connectivity index (χ0n) is 8.08. The van der Waals surface area contributed by atoms with E-state index in [1.807, 2.05) is 19.2 Å². The molecular formula is C9H16N2OS. The zero-order chi connectivity index (χ0) is 9.73. The lowest BCUT2D eigenvalue weighted by molar-refractivity contribution is 0.0555. The number of hydrogen-bond donors (Lipinski definition) is 2. The number of rotatable bonds is 5. The topological polar surface area (TPSA) is 45.1 Å². The van der Waals surface area contributed by atoms with E-state index in [9.17, 15) is 5.11 Å². The Morgan fingerprint density at radius 2 is 2.46 bits per heavy atom. The fourth-order valence-electron chi connectivity index (χ4n) is 0.904. The molecule has 3 nitrogen and oxygen atoms in total. The van der Waals surface area contributed by atoms with Crippen LogP contribution in [0.5, 0.6) is 0 Å². The van der Waals surface area contributed by atoms with Crippen LogP contribution in [0.1, 0.15) is 25.3 Å². The van der Waals surface area contributed by atoms with Gasteiger partial charge in [0.25, 0.3) is 0 Å². The predicted octanol–water partition coefficient (Wildman–Crippen LogP) is 1.39. The van der Waals surface area contributed by atoms with Crippen molar-refractivity contribution >= 4 is 11.3 Å². The molecule has 0 aliphatic rings. The first-order chi connectivity index (χ1) is 6.14. The molecule has 0 saturated heterocycles. The second-order valence-corrected chi connectivity index (χ2v) is 4.36. The molecule has 13 heavy (non-hydrogen) atoms. The summed E-state index contributed by atoms with van der Waals surface area (Å²) in [5.41, 5.74) is -0.600. The second kappa shape index (κ2) is 4.69. The van der Waals surface area contributed by atoms with E-state index in [1.54, 1.807) is 17.5 Å². The van der Waals surface area contributed by atoms with E-state index in [-0.39, 0.29) is 0 Å². The molecule has 0 aromatic carbocycles. The summed E-state index contributed by atoms with van der Waals surface area (Å²) < 4.78 is 0. The fraction of sp³-hybridized carbons (Fsp3) is 0.667. The maximum Gasteiger partial charge on any atom is 0.106 e. The largest absolute Gasteiger partial charge is 0.389 e. The maximum absolute atomic E-state index is 9.67. The highest BCUT2D eigenvalue weighted by Gasteiger charge is 2.16. The van der Waals surface area contributed by atoms with Crippen molar-refractivity contribution in [1.82, 2.24) is 10.3 Å². The van der Waals surface area contributed by atoms with E-state index in [0.29, 0.717) is 6.54 Å². The van der Waals surface area contributed by atoms with Gasteiger partial charge in [0.1, 0.15) is 5.01 Å². The van der Waals surface area contributed by atoms with Gasteiger partial charge in [-0.3, -0.25) is 0 Å². The van der Waals surface area contributed by atoms with Crippen LogP contribution in [0.4, 0.5) is 0 Å². The van der Waals surface area contributed by atoms with Gasteiger partial charge in [0, 0.05) is 24.7 Å². The lowest BCUT2D eigenvalue weighted by atomic mass is 10.0. The Morgan fingerprint density at radius 1 is 1.69 bits per heavy atom. The molecule has 0 spiro atoms. The van der Waals surface area contributed by atoms with E-state index >= 15 is 0 Å². The van der Waals surface area contributed by atoms with Crippen LogP contribution in [0.25, 0.3) is 0 Å². The molecule has 0 radical (unpaired) electrons. The van der Waals surface area contributed by atoms with Crippen LogP contribution >= 0.6 is 11.3 Å². The third kappa shape index (κ3) is 3.85. The number of aliphatic hydroxyl groups is 1. The summed E-state index contributed by atoms with van der Waals surface area (Å²) in [6.07, 6.45) is 2.55. The third-order valence-corrected chi connectivity index (χ3v) is 2.81. The van der Waals surface area contributed by atoms with Gasteiger partial charge in [-0.25, -0.2) is 4.98 Å². The Balaban J connectivity index is 2.21. The molecule has 0 fully saturated rings. The van der Waals surface area contributed by atoms with Gasteiger partial charge in [-0.2, -0.15) is 0 Å². The average molecular weight is 200 g/mol. The molecule has 2 N–H and O–H groups in total. The molecule has 1 unspecified atom stereocenters. The highest BCUT2D eigenvalue weighted by Crippen LogP contribution is 2.07. The number of nitrogens with zero attached hydrogens (tertiary/aromatic N) is 1. The first-order valence-corrected chi connectivity index (χ1v) is 5.33. The Labute approximate surface area is 82.8 Å². The van der Waals surface area contributed by atoms with Crippen LogP contribution in [-0.2, 0) is 6.54 Å². The number of aromatic nitrogens is 1. The van der Waals surface area contributed by atoms with Crippen molar-refractivity contribution in [2.75, 3.05) is 6.54 Å². The highest BCUT2D eigenvalue weighted by atomic mass is 32.1. The molecule has 0 amide bonds. The third-order valence-electron chi connectivity index (χ3n) is 2.03. The van der Waals surface area contributed by atoms with Crippen molar-refractivity contribution in [3.63, 3.8) is 0 Å². The normalized spacial score (nSPS) is 15.6. The van der Waals surface area contributed by atoms with Gasteiger partial charge < -0.3 is 10.4 Å². The van der Waals surface area contributed by atoms with E-state index < -0.39 is 5.60 Å². The lowest BCUT2D eigenvalue weighted by Gasteiger charge is -2.21. The summed E-state index contributed by atoms with van der Waals surface area (Å²) in [4.78, 5) is 4.14. The van der Waals surface area contributed by atoms with E-state index in [0.717, 1.165) is 18.0 Å². The molecule has 1 aromatic heterocycles. The monoisotopic (exact) mass is 200 g/mol. The first kappa shape index (κ1) is 10.6. The average Bonchev–Trinajstić information content (AvgIpc) is 2.57. The summed E-state index contributed by atoms with van der Waals surface area (Å²) in [6.45, 7) is 5.17. The van der Waals surface area contributed by atoms with Gasteiger partial charge in [-0.1, -0.05) is 6.92 Å². The zero-order valence-corrected chi connectivity index (χ0v) is 8.90. The quantitative estimate of drug-likeness (QED) is 0.755. The van der Waals surface area contributed by atoms with Crippen LogP contribution in [0.15, 0.2) is 11.6 Å². The van der Waals surface area contributed by atoms with Crippen molar-refractivity contribution in [1.29, 1.82) is 0 Å². The molecule has 1 atom stereocenters. The van der Waals surface area contributed by atoms with Crippen molar-refractivity contribution in [3.8, 4) is 0 Å². The standard InChI is InChI=1S/C9H16N2OS/c1-3-9(2,12)7-10-6-8-11-4-5-13-8/h4-5,10,12H,3,6-7H2,1-2H3. The van der Waals surface area contributed by atoms with Crippen LogP contribution in [0, 0.1) is 0 Å². The van der Waals surface area contributed by atoms with E-state index in [1.165, 1.54) is 0 Å². The minimum atomic E-state index is -0.600. The molecule has 1 heterocycles. The van der Waals surface area contributed by atoms with Gasteiger partial charge in [0.15, 0.2) is 0 Å². The van der Waals surface area contributed by atoms with Gasteiger partial charge >= 0.3 is 0 Å². The second-order valence-electron chi connectivity index (χ2n) is 3.38. The van der Waals surface area contributed by atoms with Gasteiger partial charge in [0.05, 0.1) is 5.60 Å². The summed E-state index contributed by atoms with van der Waals surface area (Å²) >= 11 is 1.63. The predicted molar refractivity (Wildman–Crippen MR) is 54.7 cm³/mol. The molecule has 0 saturated carbocycles. The van der Waals surface area contributed by atoms with Crippen molar-refractivity contribution in [2.24, 2.45) is 0 Å². The van der Waals surface area contributed by atoms with Crippen LogP contribution in [-0.4, -0.2) is 22.2 Å². The minimum absolute atomic E-state index is 0.600. The van der Waals surface area contributed by atoms with Gasteiger partial charge in [-0.05, 0) is 13.3 Å². The number of thiazole rings is 1. The summed E-state index contributed by atoms with van der Waals surface area (Å²) in [5.74, 6) is 0. The Hall–Kier alpha value is -0.450. The molecule has 74 valence electrons. The van der Waals surface area contributed by atoms with E-state index in [2.05, 4.69) is 10.3 Å². The minimum Gasteiger partial charge on any atom is -0.389 e. The SMILES string of the molecule is CCC(C)(O)CNCc1nccs1. The first-order valence-electron chi connectivity index (χ1n) is 4.45. The lowest BCUT2D eigenvalue weighted by Crippen LogP contribution is -2.36.